The number of aliphatic hydroxyl groups is 1. The Morgan fingerprint density at radius 2 is 1.05 bits per heavy atom. The maximum Gasteiger partial charge on any atom is 0.192 e. The zero-order valence-corrected chi connectivity index (χ0v) is 45.5. The van der Waals surface area contributed by atoms with Gasteiger partial charge in [-0.25, -0.2) is 0 Å². The van der Waals surface area contributed by atoms with E-state index in [-0.39, 0.29) is 52.1 Å². The van der Waals surface area contributed by atoms with Crippen LogP contribution in [0.1, 0.15) is 111 Å². The van der Waals surface area contributed by atoms with Gasteiger partial charge in [-0.05, 0) is 95.8 Å². The molecule has 0 amide bonds. The van der Waals surface area contributed by atoms with Gasteiger partial charge in [-0.15, -0.1) is 0 Å². The number of aliphatic hydroxyl groups excluding tert-OH is 1. The minimum absolute atomic E-state index is 0.0152. The van der Waals surface area contributed by atoms with E-state index in [1.165, 1.54) is 0 Å². The van der Waals surface area contributed by atoms with Crippen LogP contribution in [0.2, 0.25) is 36.3 Å². The second-order valence-corrected chi connectivity index (χ2v) is 31.3. The van der Waals surface area contributed by atoms with Gasteiger partial charge >= 0.3 is 0 Å². The van der Waals surface area contributed by atoms with Crippen molar-refractivity contribution in [2.45, 2.75) is 162 Å². The van der Waals surface area contributed by atoms with Crippen molar-refractivity contribution in [1.29, 1.82) is 0 Å². The van der Waals surface area contributed by atoms with Gasteiger partial charge in [0.05, 0.1) is 32.0 Å². The van der Waals surface area contributed by atoms with Gasteiger partial charge in [0, 0.05) is 18.3 Å². The second-order valence-electron chi connectivity index (χ2n) is 21.8. The highest BCUT2D eigenvalue weighted by Gasteiger charge is 2.44. The molecular formula is C58H86O6Si2. The predicted molar refractivity (Wildman–Crippen MR) is 282 cm³/mol. The molecule has 362 valence electrons. The molecule has 0 saturated heterocycles. The number of hydrogen-bond donors (Lipinski definition) is 1. The Morgan fingerprint density at radius 1 is 0.576 bits per heavy atom. The summed E-state index contributed by atoms with van der Waals surface area (Å²) in [5.74, 6) is 0.723. The summed E-state index contributed by atoms with van der Waals surface area (Å²) in [7, 11) is -2.72. The maximum atomic E-state index is 11.5. The lowest BCUT2D eigenvalue weighted by molar-refractivity contribution is -0.149. The largest absolute Gasteiger partial charge is 0.497 e. The third kappa shape index (κ3) is 14.7. The number of rotatable bonds is 24. The first-order chi connectivity index (χ1) is 31.0. The number of hydrogen-bond acceptors (Lipinski definition) is 6. The highest BCUT2D eigenvalue weighted by molar-refractivity contribution is 6.74. The lowest BCUT2D eigenvalue weighted by atomic mass is 9.78. The van der Waals surface area contributed by atoms with Crippen LogP contribution in [0.5, 0.6) is 5.75 Å². The van der Waals surface area contributed by atoms with Crippen LogP contribution in [-0.4, -0.2) is 53.5 Å². The Kier molecular flexibility index (Phi) is 20.1. The molecule has 0 aliphatic carbocycles. The minimum Gasteiger partial charge on any atom is -0.497 e. The standard InChI is InChI=1S/C58H86O6Si2/c1-17-27-43(2)53(64-66(15,16)57(9,10)11)41-52(63-65(13,14)56(6,7)8)37-34-44(3)54(45(4)40-46(5)55(59)61-42-47-35-38-51(60-12)39-36-47)62-58(48-28-21-18-22-29-48,49-30-23-19-24-31-49)50-32-25-20-26-33-50/h17-39,43-46,52-55,59H,40-42H2,1-16H3/t43-,44+,45+,46+,52-,53+,54+,55?/m1/s1. The van der Waals surface area contributed by atoms with Gasteiger partial charge < -0.3 is 28.2 Å². The van der Waals surface area contributed by atoms with Crippen LogP contribution in [0.25, 0.3) is 0 Å². The van der Waals surface area contributed by atoms with E-state index in [4.69, 9.17) is 23.1 Å². The third-order valence-electron chi connectivity index (χ3n) is 14.4. The van der Waals surface area contributed by atoms with Gasteiger partial charge in [0.2, 0.25) is 0 Å². The van der Waals surface area contributed by atoms with E-state index in [2.05, 4.69) is 218 Å². The van der Waals surface area contributed by atoms with E-state index in [0.717, 1.165) is 34.4 Å². The van der Waals surface area contributed by atoms with E-state index in [1.807, 2.05) is 24.3 Å². The fraction of sp³-hybridized carbons (Fsp3) is 0.517. The van der Waals surface area contributed by atoms with Crippen LogP contribution in [0.15, 0.2) is 140 Å². The van der Waals surface area contributed by atoms with Gasteiger partial charge in [-0.3, -0.25) is 0 Å². The van der Waals surface area contributed by atoms with Crippen molar-refractivity contribution in [1.82, 2.24) is 0 Å². The maximum absolute atomic E-state index is 11.5. The molecule has 0 aliphatic heterocycles. The molecule has 0 fully saturated rings. The van der Waals surface area contributed by atoms with Crippen molar-refractivity contribution in [3.63, 3.8) is 0 Å². The summed E-state index contributed by atoms with van der Waals surface area (Å²) in [4.78, 5) is 0. The highest BCUT2D eigenvalue weighted by atomic mass is 28.4. The van der Waals surface area contributed by atoms with Gasteiger partial charge in [0.25, 0.3) is 0 Å². The fourth-order valence-electron chi connectivity index (χ4n) is 8.28. The number of methoxy groups -OCH3 is 1. The smallest absolute Gasteiger partial charge is 0.192 e. The Hall–Kier alpha value is -3.61. The van der Waals surface area contributed by atoms with E-state index >= 15 is 0 Å². The molecule has 66 heavy (non-hydrogen) atoms. The summed E-state index contributed by atoms with van der Waals surface area (Å²) in [5.41, 5.74) is 3.18. The quantitative estimate of drug-likeness (QED) is 0.0327. The molecule has 8 heteroatoms. The molecule has 1 N–H and O–H groups in total. The summed E-state index contributed by atoms with van der Waals surface area (Å²) in [6.07, 6.45) is 9.02. The number of allylic oxidation sites excluding steroid dienone is 1. The Morgan fingerprint density at radius 3 is 1.48 bits per heavy atom. The molecule has 0 spiro atoms. The molecule has 4 aromatic rings. The van der Waals surface area contributed by atoms with Gasteiger partial charge in [-0.2, -0.15) is 0 Å². The zero-order chi connectivity index (χ0) is 48.9. The van der Waals surface area contributed by atoms with Crippen molar-refractivity contribution in [3.05, 3.63) is 162 Å². The SMILES string of the molecule is CC=C[C@@H](C)[C@H](C[C@@H](C=C[C@H](C)[C@H](OC(c1ccccc1)(c1ccccc1)c1ccccc1)[C@@H](C)C[C@H](C)C(O)OCc1ccc(OC)cc1)O[Si](C)(C)C(C)(C)C)O[Si](C)(C)C(C)(C)C. The highest BCUT2D eigenvalue weighted by Crippen LogP contribution is 2.45. The van der Waals surface area contributed by atoms with Gasteiger partial charge in [0.15, 0.2) is 22.9 Å². The minimum atomic E-state index is -2.24. The Balaban J connectivity index is 1.84. The first-order valence-electron chi connectivity index (χ1n) is 24.4. The van der Waals surface area contributed by atoms with Crippen molar-refractivity contribution in [2.24, 2.45) is 23.7 Å². The van der Waals surface area contributed by atoms with Crippen LogP contribution in [0.4, 0.5) is 0 Å². The summed E-state index contributed by atoms with van der Waals surface area (Å²) < 4.78 is 34.1. The summed E-state index contributed by atoms with van der Waals surface area (Å²) in [5, 5.41) is 11.6. The molecule has 1 unspecified atom stereocenters. The molecule has 0 heterocycles. The normalized spacial score (nSPS) is 17.0. The predicted octanol–water partition coefficient (Wildman–Crippen LogP) is 15.1. The molecule has 0 bridgehead atoms. The van der Waals surface area contributed by atoms with Crippen molar-refractivity contribution in [2.75, 3.05) is 7.11 Å². The molecule has 8 atom stereocenters. The topological polar surface area (TPSA) is 66.4 Å². The second kappa shape index (κ2) is 24.1. The van der Waals surface area contributed by atoms with E-state index in [0.29, 0.717) is 13.0 Å². The number of benzene rings is 4. The van der Waals surface area contributed by atoms with Gasteiger partial charge in [-0.1, -0.05) is 197 Å². The van der Waals surface area contributed by atoms with Crippen LogP contribution in [-0.2, 0) is 30.5 Å². The van der Waals surface area contributed by atoms with Crippen LogP contribution in [0, 0.1) is 23.7 Å². The molecular weight excluding hydrogens is 849 g/mol. The molecule has 0 aliphatic rings. The van der Waals surface area contributed by atoms with Crippen LogP contribution < -0.4 is 4.74 Å². The molecule has 6 nitrogen and oxygen atoms in total. The first kappa shape index (κ1) is 55.0. The Bertz CT molecular complexity index is 1960. The summed E-state index contributed by atoms with van der Waals surface area (Å²) in [6.45, 7) is 34.6. The molecule has 0 radical (unpaired) electrons. The average molecular weight is 935 g/mol. The molecule has 0 aromatic heterocycles. The van der Waals surface area contributed by atoms with Crippen LogP contribution >= 0.6 is 0 Å². The molecule has 0 saturated carbocycles. The van der Waals surface area contributed by atoms with E-state index in [9.17, 15) is 5.11 Å². The van der Waals surface area contributed by atoms with E-state index in [1.54, 1.807) is 7.11 Å². The lowest BCUT2D eigenvalue weighted by Gasteiger charge is -2.43. The number of ether oxygens (including phenoxy) is 3. The van der Waals surface area contributed by atoms with Gasteiger partial charge in [0.1, 0.15) is 11.4 Å². The molecule has 4 aromatic carbocycles. The third-order valence-corrected chi connectivity index (χ3v) is 23.4. The zero-order valence-electron chi connectivity index (χ0n) is 43.5. The Labute approximate surface area is 403 Å². The molecule has 4 rings (SSSR count). The monoisotopic (exact) mass is 935 g/mol. The summed E-state index contributed by atoms with van der Waals surface area (Å²) >= 11 is 0. The van der Waals surface area contributed by atoms with Crippen molar-refractivity contribution in [3.8, 4) is 5.75 Å². The first-order valence-corrected chi connectivity index (χ1v) is 30.2. The van der Waals surface area contributed by atoms with Crippen LogP contribution in [0.3, 0.4) is 0 Å². The van der Waals surface area contributed by atoms with Crippen molar-refractivity contribution < 1.29 is 28.2 Å². The van der Waals surface area contributed by atoms with E-state index < -0.39 is 28.5 Å². The summed E-state index contributed by atoms with van der Waals surface area (Å²) in [6, 6.07) is 39.6. The fourth-order valence-corrected chi connectivity index (χ4v) is 11.0. The lowest BCUT2D eigenvalue weighted by Crippen LogP contribution is -2.48. The van der Waals surface area contributed by atoms with Crippen molar-refractivity contribution >= 4 is 16.6 Å². The average Bonchev–Trinajstić information content (AvgIpc) is 3.27.